The molecular weight excluding hydrogens is 474 g/mol. The van der Waals surface area contributed by atoms with E-state index in [0.717, 1.165) is 27.0 Å². The van der Waals surface area contributed by atoms with E-state index >= 15 is 0 Å². The standard InChI is InChI=1S/C25H26BrNO5/c1-4-32-16-7-5-14(6-8-16)15-9-20-25(21(28)10-15)18(12-24(29)27-20)17-11-22(30-2)23(31-3)13-19(17)26/h5-8,11,13,15,18H,4,9-10,12H2,1-3H3,(H,27,29). The zero-order valence-electron chi connectivity index (χ0n) is 18.4. The van der Waals surface area contributed by atoms with E-state index in [0.29, 0.717) is 36.5 Å². The molecule has 0 radical (unpaired) electrons. The van der Waals surface area contributed by atoms with Crippen molar-refractivity contribution < 1.29 is 23.8 Å². The lowest BCUT2D eigenvalue weighted by molar-refractivity contribution is -0.122. The molecule has 1 heterocycles. The van der Waals surface area contributed by atoms with E-state index in [1.54, 1.807) is 14.2 Å². The van der Waals surface area contributed by atoms with Crippen molar-refractivity contribution in [3.63, 3.8) is 0 Å². The minimum absolute atomic E-state index is 0.0184. The van der Waals surface area contributed by atoms with Gasteiger partial charge in [0.2, 0.25) is 5.91 Å². The third-order valence-corrected chi connectivity index (χ3v) is 6.76. The number of methoxy groups -OCH3 is 2. The summed E-state index contributed by atoms with van der Waals surface area (Å²) in [6.45, 7) is 2.55. The Balaban J connectivity index is 1.69. The fraction of sp³-hybridized carbons (Fsp3) is 0.360. The number of halogens is 1. The van der Waals surface area contributed by atoms with E-state index in [4.69, 9.17) is 14.2 Å². The first-order valence-corrected chi connectivity index (χ1v) is 11.4. The van der Waals surface area contributed by atoms with Gasteiger partial charge >= 0.3 is 0 Å². The average molecular weight is 500 g/mol. The van der Waals surface area contributed by atoms with Crippen LogP contribution in [0.5, 0.6) is 17.2 Å². The van der Waals surface area contributed by atoms with E-state index in [9.17, 15) is 9.59 Å². The van der Waals surface area contributed by atoms with Crippen molar-refractivity contribution in [1.29, 1.82) is 0 Å². The number of rotatable bonds is 6. The van der Waals surface area contributed by atoms with Crippen LogP contribution in [0.4, 0.5) is 0 Å². The summed E-state index contributed by atoms with van der Waals surface area (Å²) < 4.78 is 17.1. The molecule has 4 rings (SSSR count). The Morgan fingerprint density at radius 2 is 1.69 bits per heavy atom. The normalized spacial score (nSPS) is 20.5. The Morgan fingerprint density at radius 1 is 1.00 bits per heavy atom. The van der Waals surface area contributed by atoms with Crippen LogP contribution in [-0.2, 0) is 9.59 Å². The van der Waals surface area contributed by atoms with E-state index in [-0.39, 0.29) is 29.9 Å². The predicted octanol–water partition coefficient (Wildman–Crippen LogP) is 4.87. The maximum Gasteiger partial charge on any atom is 0.225 e. The summed E-state index contributed by atoms with van der Waals surface area (Å²) in [4.78, 5) is 26.0. The number of carbonyl (C=O) groups excluding carboxylic acids is 2. The summed E-state index contributed by atoms with van der Waals surface area (Å²) in [6, 6.07) is 11.5. The highest BCUT2D eigenvalue weighted by molar-refractivity contribution is 9.10. The Kier molecular flexibility index (Phi) is 6.55. The van der Waals surface area contributed by atoms with Gasteiger partial charge < -0.3 is 19.5 Å². The zero-order valence-corrected chi connectivity index (χ0v) is 20.0. The van der Waals surface area contributed by atoms with Crippen LogP contribution in [0.15, 0.2) is 52.1 Å². The monoisotopic (exact) mass is 499 g/mol. The predicted molar refractivity (Wildman–Crippen MR) is 124 cm³/mol. The van der Waals surface area contributed by atoms with Gasteiger partial charge in [-0.05, 0) is 54.7 Å². The molecule has 1 aliphatic carbocycles. The second-order valence-electron chi connectivity index (χ2n) is 7.96. The van der Waals surface area contributed by atoms with Crippen molar-refractivity contribution in [2.45, 2.75) is 38.0 Å². The molecule has 0 saturated heterocycles. The summed E-state index contributed by atoms with van der Waals surface area (Å²) in [6.07, 6.45) is 1.23. The molecular formula is C25H26BrNO5. The third-order valence-electron chi connectivity index (χ3n) is 6.08. The zero-order chi connectivity index (χ0) is 22.8. The van der Waals surface area contributed by atoms with Gasteiger partial charge in [-0.15, -0.1) is 0 Å². The highest BCUT2D eigenvalue weighted by Gasteiger charge is 2.39. The van der Waals surface area contributed by atoms with Gasteiger partial charge in [0.15, 0.2) is 17.3 Å². The molecule has 7 heteroatoms. The van der Waals surface area contributed by atoms with Crippen LogP contribution in [0.2, 0.25) is 0 Å². The van der Waals surface area contributed by atoms with Gasteiger partial charge in [0, 0.05) is 34.5 Å². The second kappa shape index (κ2) is 9.36. The average Bonchev–Trinajstić information content (AvgIpc) is 2.78. The maximum atomic E-state index is 13.4. The molecule has 0 spiro atoms. The topological polar surface area (TPSA) is 73.9 Å². The van der Waals surface area contributed by atoms with E-state index < -0.39 is 0 Å². The highest BCUT2D eigenvalue weighted by Crippen LogP contribution is 2.46. The number of amides is 1. The van der Waals surface area contributed by atoms with Crippen LogP contribution in [0.25, 0.3) is 0 Å². The number of allylic oxidation sites excluding steroid dienone is 2. The first-order chi connectivity index (χ1) is 15.4. The lowest BCUT2D eigenvalue weighted by Gasteiger charge is -2.35. The molecule has 2 aromatic carbocycles. The number of ketones is 1. The molecule has 0 aromatic heterocycles. The molecule has 6 nitrogen and oxygen atoms in total. The minimum Gasteiger partial charge on any atom is -0.494 e. The third kappa shape index (κ3) is 4.26. The Hall–Kier alpha value is -2.80. The molecule has 2 unspecified atom stereocenters. The molecule has 2 aliphatic rings. The van der Waals surface area contributed by atoms with Crippen molar-refractivity contribution in [3.05, 3.63) is 63.3 Å². The van der Waals surface area contributed by atoms with Crippen LogP contribution in [0, 0.1) is 0 Å². The van der Waals surface area contributed by atoms with Crippen molar-refractivity contribution in [3.8, 4) is 17.2 Å². The highest BCUT2D eigenvalue weighted by atomic mass is 79.9. The molecule has 0 fully saturated rings. The molecule has 2 aromatic rings. The molecule has 0 saturated carbocycles. The van der Waals surface area contributed by atoms with Crippen LogP contribution in [0.3, 0.4) is 0 Å². The van der Waals surface area contributed by atoms with Gasteiger partial charge in [0.05, 0.1) is 20.8 Å². The number of hydrogen-bond donors (Lipinski definition) is 1. The van der Waals surface area contributed by atoms with Crippen LogP contribution in [-0.4, -0.2) is 32.5 Å². The minimum atomic E-state index is -0.332. The summed E-state index contributed by atoms with van der Waals surface area (Å²) in [5, 5.41) is 2.97. The van der Waals surface area contributed by atoms with Gasteiger partial charge in [-0.2, -0.15) is 0 Å². The number of hydrogen-bond acceptors (Lipinski definition) is 5. The summed E-state index contributed by atoms with van der Waals surface area (Å²) in [5.74, 6) is 1.62. The van der Waals surface area contributed by atoms with Gasteiger partial charge in [0.1, 0.15) is 5.75 Å². The summed E-state index contributed by atoms with van der Waals surface area (Å²) in [5.41, 5.74) is 3.33. The fourth-order valence-electron chi connectivity index (χ4n) is 4.60. The lowest BCUT2D eigenvalue weighted by atomic mass is 9.73. The molecule has 1 aliphatic heterocycles. The first kappa shape index (κ1) is 22.4. The van der Waals surface area contributed by atoms with E-state index in [1.807, 2.05) is 43.3 Å². The van der Waals surface area contributed by atoms with Crippen LogP contribution < -0.4 is 19.5 Å². The largest absolute Gasteiger partial charge is 0.494 e. The van der Waals surface area contributed by atoms with Crippen molar-refractivity contribution in [2.24, 2.45) is 0 Å². The number of ether oxygens (including phenoxy) is 3. The molecule has 1 N–H and O–H groups in total. The number of Topliss-reactive ketones (excluding diaryl/α,β-unsaturated/α-hetero) is 1. The number of benzene rings is 2. The molecule has 168 valence electrons. The molecule has 1 amide bonds. The Labute approximate surface area is 196 Å². The van der Waals surface area contributed by atoms with Gasteiger partial charge in [0.25, 0.3) is 0 Å². The summed E-state index contributed by atoms with van der Waals surface area (Å²) in [7, 11) is 3.14. The van der Waals surface area contributed by atoms with Crippen LogP contribution in [0.1, 0.15) is 49.1 Å². The van der Waals surface area contributed by atoms with Gasteiger partial charge in [-0.3, -0.25) is 9.59 Å². The molecule has 32 heavy (non-hydrogen) atoms. The quantitative estimate of drug-likeness (QED) is 0.613. The van der Waals surface area contributed by atoms with Crippen molar-refractivity contribution in [1.82, 2.24) is 5.32 Å². The SMILES string of the molecule is CCOc1ccc(C2CC(=O)C3=C(C2)NC(=O)CC3c2cc(OC)c(OC)cc2Br)cc1. The smallest absolute Gasteiger partial charge is 0.225 e. The van der Waals surface area contributed by atoms with Gasteiger partial charge in [-0.1, -0.05) is 28.1 Å². The Bertz CT molecular complexity index is 1080. The molecule has 0 bridgehead atoms. The number of nitrogens with one attached hydrogen (secondary N) is 1. The fourth-order valence-corrected chi connectivity index (χ4v) is 5.20. The van der Waals surface area contributed by atoms with E-state index in [1.165, 1.54) is 0 Å². The maximum absolute atomic E-state index is 13.4. The van der Waals surface area contributed by atoms with Crippen molar-refractivity contribution >= 4 is 27.6 Å². The van der Waals surface area contributed by atoms with E-state index in [2.05, 4.69) is 21.2 Å². The molecule has 2 atom stereocenters. The first-order valence-electron chi connectivity index (χ1n) is 10.6. The van der Waals surface area contributed by atoms with Crippen molar-refractivity contribution in [2.75, 3.05) is 20.8 Å². The van der Waals surface area contributed by atoms with Crippen LogP contribution >= 0.6 is 15.9 Å². The lowest BCUT2D eigenvalue weighted by Crippen LogP contribution is -2.38. The van der Waals surface area contributed by atoms with Gasteiger partial charge in [-0.25, -0.2) is 0 Å². The number of carbonyl (C=O) groups is 2. The summed E-state index contributed by atoms with van der Waals surface area (Å²) >= 11 is 3.60. The Morgan fingerprint density at radius 3 is 2.34 bits per heavy atom. The second-order valence-corrected chi connectivity index (χ2v) is 8.81.